The number of carbonyl (C=O) groups is 1. The highest BCUT2D eigenvalue weighted by molar-refractivity contribution is 5.91. The van der Waals surface area contributed by atoms with E-state index in [2.05, 4.69) is 9.97 Å². The number of aromatic nitrogens is 2. The Morgan fingerprint density at radius 3 is 2.62 bits per heavy atom. The topological polar surface area (TPSA) is 75.1 Å². The normalized spacial score (nSPS) is 9.81. The summed E-state index contributed by atoms with van der Waals surface area (Å²) in [6.45, 7) is 0. The third-order valence-electron chi connectivity index (χ3n) is 2.04. The van der Waals surface area contributed by atoms with Crippen molar-refractivity contribution in [3.8, 4) is 11.3 Å². The van der Waals surface area contributed by atoms with E-state index < -0.39 is 5.91 Å². The first-order chi connectivity index (χ1) is 7.81. The third-order valence-corrected chi connectivity index (χ3v) is 2.04. The zero-order valence-corrected chi connectivity index (χ0v) is 8.29. The molecule has 0 saturated heterocycles. The van der Waals surface area contributed by atoms with Gasteiger partial charge in [0, 0.05) is 5.56 Å². The van der Waals surface area contributed by atoms with Gasteiger partial charge in [-0.25, -0.2) is 10.5 Å². The summed E-state index contributed by atoms with van der Waals surface area (Å²) in [5, 5.41) is 8.48. The third kappa shape index (κ3) is 2.04. The first-order valence-corrected chi connectivity index (χ1v) is 4.63. The zero-order chi connectivity index (χ0) is 11.4. The molecule has 0 aliphatic carbocycles. The lowest BCUT2D eigenvalue weighted by molar-refractivity contribution is 0.0700. The number of rotatable bonds is 2. The predicted octanol–water partition coefficient (Wildman–Crippen LogP) is 1.26. The second kappa shape index (κ2) is 4.50. The fourth-order valence-corrected chi connectivity index (χ4v) is 1.28. The van der Waals surface area contributed by atoms with Crippen molar-refractivity contribution in [2.45, 2.75) is 0 Å². The van der Waals surface area contributed by atoms with E-state index in [9.17, 15) is 4.79 Å². The standard InChI is InChI=1S/C11H9N3O2/c15-11(14-16)10-7-12-6-9(13-10)8-4-2-1-3-5-8/h1-7,16H,(H,14,15). The smallest absolute Gasteiger partial charge is 0.288 e. The van der Waals surface area contributed by atoms with Crippen LogP contribution in [0.1, 0.15) is 10.5 Å². The van der Waals surface area contributed by atoms with Crippen molar-refractivity contribution in [1.29, 1.82) is 0 Å². The van der Waals surface area contributed by atoms with Crippen LogP contribution in [-0.4, -0.2) is 21.1 Å². The van der Waals surface area contributed by atoms with E-state index in [1.165, 1.54) is 11.7 Å². The summed E-state index contributed by atoms with van der Waals surface area (Å²) in [7, 11) is 0. The molecule has 0 saturated carbocycles. The van der Waals surface area contributed by atoms with Crippen molar-refractivity contribution < 1.29 is 10.0 Å². The predicted molar refractivity (Wildman–Crippen MR) is 56.7 cm³/mol. The minimum Gasteiger partial charge on any atom is -0.288 e. The van der Waals surface area contributed by atoms with Crippen LogP contribution >= 0.6 is 0 Å². The molecule has 2 rings (SSSR count). The molecule has 5 nitrogen and oxygen atoms in total. The van der Waals surface area contributed by atoms with Gasteiger partial charge in [0.05, 0.1) is 18.1 Å². The molecule has 0 radical (unpaired) electrons. The molecule has 0 unspecified atom stereocenters. The van der Waals surface area contributed by atoms with Gasteiger partial charge < -0.3 is 0 Å². The van der Waals surface area contributed by atoms with Crippen LogP contribution in [-0.2, 0) is 0 Å². The molecule has 0 spiro atoms. The minimum absolute atomic E-state index is 0.0730. The van der Waals surface area contributed by atoms with Gasteiger partial charge in [0.2, 0.25) is 0 Å². The number of hydrogen-bond acceptors (Lipinski definition) is 4. The fourth-order valence-electron chi connectivity index (χ4n) is 1.28. The molecule has 0 aliphatic heterocycles. The van der Waals surface area contributed by atoms with Crippen LogP contribution in [0.4, 0.5) is 0 Å². The molecule has 1 amide bonds. The van der Waals surface area contributed by atoms with Crippen LogP contribution in [0.25, 0.3) is 11.3 Å². The van der Waals surface area contributed by atoms with Crippen LogP contribution in [0.3, 0.4) is 0 Å². The first kappa shape index (κ1) is 10.3. The average molecular weight is 215 g/mol. The highest BCUT2D eigenvalue weighted by atomic mass is 16.5. The maximum absolute atomic E-state index is 11.1. The molecular weight excluding hydrogens is 206 g/mol. The van der Waals surface area contributed by atoms with Gasteiger partial charge in [-0.1, -0.05) is 30.3 Å². The van der Waals surface area contributed by atoms with Gasteiger partial charge >= 0.3 is 0 Å². The van der Waals surface area contributed by atoms with Crippen LogP contribution in [0.5, 0.6) is 0 Å². The zero-order valence-electron chi connectivity index (χ0n) is 8.29. The summed E-state index contributed by atoms with van der Waals surface area (Å²) in [4.78, 5) is 19.1. The SMILES string of the molecule is O=C(NO)c1cncc(-c2ccccc2)n1. The lowest BCUT2D eigenvalue weighted by atomic mass is 10.1. The summed E-state index contributed by atoms with van der Waals surface area (Å²) < 4.78 is 0. The van der Waals surface area contributed by atoms with Gasteiger partial charge in [-0.15, -0.1) is 0 Å². The van der Waals surface area contributed by atoms with Crippen molar-refractivity contribution in [2.24, 2.45) is 0 Å². The molecule has 0 atom stereocenters. The maximum Gasteiger partial charge on any atom is 0.294 e. The molecule has 2 N–H and O–H groups in total. The lowest BCUT2D eigenvalue weighted by Gasteiger charge is -2.02. The number of hydroxylamine groups is 1. The number of amides is 1. The Hall–Kier alpha value is -2.27. The lowest BCUT2D eigenvalue weighted by Crippen LogP contribution is -2.20. The van der Waals surface area contributed by atoms with Crippen molar-refractivity contribution in [3.63, 3.8) is 0 Å². The molecule has 0 fully saturated rings. The minimum atomic E-state index is -0.676. The van der Waals surface area contributed by atoms with E-state index in [0.29, 0.717) is 5.69 Å². The quantitative estimate of drug-likeness (QED) is 0.584. The number of nitrogens with zero attached hydrogens (tertiary/aromatic N) is 2. The number of nitrogens with one attached hydrogen (secondary N) is 1. The largest absolute Gasteiger partial charge is 0.294 e. The van der Waals surface area contributed by atoms with Gasteiger partial charge in [0.15, 0.2) is 0 Å². The Labute approximate surface area is 91.8 Å². The van der Waals surface area contributed by atoms with Gasteiger partial charge in [0.25, 0.3) is 5.91 Å². The monoisotopic (exact) mass is 215 g/mol. The molecule has 1 aromatic heterocycles. The van der Waals surface area contributed by atoms with Gasteiger partial charge in [-0.05, 0) is 0 Å². The summed E-state index contributed by atoms with van der Waals surface area (Å²) in [6.07, 6.45) is 2.85. The second-order valence-corrected chi connectivity index (χ2v) is 3.10. The highest BCUT2D eigenvalue weighted by Crippen LogP contribution is 2.14. The molecule has 16 heavy (non-hydrogen) atoms. The van der Waals surface area contributed by atoms with E-state index in [-0.39, 0.29) is 5.69 Å². The van der Waals surface area contributed by atoms with E-state index in [1.54, 1.807) is 6.20 Å². The van der Waals surface area contributed by atoms with Crippen LogP contribution in [0.2, 0.25) is 0 Å². The maximum atomic E-state index is 11.1. The number of benzene rings is 1. The molecule has 5 heteroatoms. The number of hydrogen-bond donors (Lipinski definition) is 2. The van der Waals surface area contributed by atoms with Crippen molar-refractivity contribution >= 4 is 5.91 Å². The second-order valence-electron chi connectivity index (χ2n) is 3.10. The van der Waals surface area contributed by atoms with Crippen molar-refractivity contribution in [3.05, 3.63) is 48.4 Å². The van der Waals surface area contributed by atoms with Crippen molar-refractivity contribution in [2.75, 3.05) is 0 Å². The van der Waals surface area contributed by atoms with E-state index in [1.807, 2.05) is 30.3 Å². The summed E-state index contributed by atoms with van der Waals surface area (Å²) >= 11 is 0. The Kier molecular flexibility index (Phi) is 2.88. The Balaban J connectivity index is 2.40. The van der Waals surface area contributed by atoms with Crippen LogP contribution < -0.4 is 5.48 Å². The Bertz CT molecular complexity index is 500. The van der Waals surface area contributed by atoms with Gasteiger partial charge in [0.1, 0.15) is 5.69 Å². The molecule has 0 aliphatic rings. The molecule has 1 heterocycles. The number of carbonyl (C=O) groups excluding carboxylic acids is 1. The fraction of sp³-hybridized carbons (Fsp3) is 0. The van der Waals surface area contributed by atoms with E-state index in [4.69, 9.17) is 5.21 Å². The van der Waals surface area contributed by atoms with E-state index >= 15 is 0 Å². The molecule has 1 aromatic carbocycles. The first-order valence-electron chi connectivity index (χ1n) is 4.63. The summed E-state index contributed by atoms with van der Waals surface area (Å²) in [5.41, 5.74) is 3.04. The van der Waals surface area contributed by atoms with Crippen LogP contribution in [0.15, 0.2) is 42.7 Å². The van der Waals surface area contributed by atoms with Gasteiger partial charge in [-0.2, -0.15) is 0 Å². The van der Waals surface area contributed by atoms with Crippen molar-refractivity contribution in [1.82, 2.24) is 15.4 Å². The molecular formula is C11H9N3O2. The summed E-state index contributed by atoms with van der Waals surface area (Å²) in [5.74, 6) is -0.676. The highest BCUT2D eigenvalue weighted by Gasteiger charge is 2.07. The molecule has 80 valence electrons. The average Bonchev–Trinajstić information content (AvgIpc) is 2.39. The molecule has 0 bridgehead atoms. The Morgan fingerprint density at radius 1 is 1.19 bits per heavy atom. The van der Waals surface area contributed by atoms with E-state index in [0.717, 1.165) is 5.56 Å². The Morgan fingerprint density at radius 2 is 1.94 bits per heavy atom. The molecule has 2 aromatic rings. The van der Waals surface area contributed by atoms with Gasteiger partial charge in [-0.3, -0.25) is 15.0 Å². The van der Waals surface area contributed by atoms with Crippen LogP contribution in [0, 0.1) is 0 Å². The summed E-state index contributed by atoms with van der Waals surface area (Å²) in [6, 6.07) is 9.36.